The van der Waals surface area contributed by atoms with E-state index in [2.05, 4.69) is 44.2 Å². The van der Waals surface area contributed by atoms with Crippen LogP contribution < -0.4 is 5.32 Å². The number of hydrogen-bond acceptors (Lipinski definition) is 4. The van der Waals surface area contributed by atoms with Gasteiger partial charge in [0.15, 0.2) is 5.69 Å². The van der Waals surface area contributed by atoms with Gasteiger partial charge in [0, 0.05) is 40.4 Å². The van der Waals surface area contributed by atoms with Gasteiger partial charge < -0.3 is 9.73 Å². The van der Waals surface area contributed by atoms with Gasteiger partial charge in [-0.05, 0) is 90.9 Å². The van der Waals surface area contributed by atoms with E-state index in [1.807, 2.05) is 30.5 Å². The summed E-state index contributed by atoms with van der Waals surface area (Å²) in [5.41, 5.74) is 7.25. The molecule has 42 heavy (non-hydrogen) atoms. The van der Waals surface area contributed by atoms with Crippen LogP contribution in [0.4, 0.5) is 11.4 Å². The first kappa shape index (κ1) is 28.5. The Morgan fingerprint density at radius 3 is 2.50 bits per heavy atom. The summed E-state index contributed by atoms with van der Waals surface area (Å²) in [6.07, 6.45) is 6.52. The van der Waals surface area contributed by atoms with Crippen molar-refractivity contribution in [3.8, 4) is 11.1 Å². The number of benzene rings is 3. The highest BCUT2D eigenvalue weighted by molar-refractivity contribution is 6.35. The minimum absolute atomic E-state index is 0.0771. The van der Waals surface area contributed by atoms with Crippen molar-refractivity contribution in [1.82, 2.24) is 9.80 Å². The summed E-state index contributed by atoms with van der Waals surface area (Å²) in [7, 11) is 0. The molecule has 0 radical (unpaired) electrons. The highest BCUT2D eigenvalue weighted by Crippen LogP contribution is 2.41. The quantitative estimate of drug-likeness (QED) is 0.218. The van der Waals surface area contributed by atoms with Gasteiger partial charge >= 0.3 is 0 Å². The van der Waals surface area contributed by atoms with E-state index in [0.717, 1.165) is 56.6 Å². The summed E-state index contributed by atoms with van der Waals surface area (Å²) in [6, 6.07) is 21.7. The number of furan rings is 1. The molecule has 1 fully saturated rings. The van der Waals surface area contributed by atoms with Crippen molar-refractivity contribution in [3.63, 3.8) is 0 Å². The molecule has 2 aliphatic heterocycles. The highest BCUT2D eigenvalue weighted by atomic mass is 35.5. The fourth-order valence-corrected chi connectivity index (χ4v) is 6.98. The van der Waals surface area contributed by atoms with E-state index < -0.39 is 0 Å². The van der Waals surface area contributed by atoms with Gasteiger partial charge in [-0.3, -0.25) is 14.6 Å². The van der Waals surface area contributed by atoms with E-state index in [4.69, 9.17) is 34.2 Å². The lowest BCUT2D eigenvalue weighted by atomic mass is 9.79. The van der Waals surface area contributed by atoms with Crippen molar-refractivity contribution in [2.75, 3.05) is 31.5 Å². The second-order valence-electron chi connectivity index (χ2n) is 11.2. The molecule has 1 aromatic heterocycles. The Hall–Kier alpha value is -3.60. The molecule has 0 bridgehead atoms. The molecule has 0 saturated carbocycles. The molecule has 3 heterocycles. The first-order valence-corrected chi connectivity index (χ1v) is 15.0. The van der Waals surface area contributed by atoms with Gasteiger partial charge in [0.05, 0.1) is 25.6 Å². The fraction of sp³-hybridized carbons (Fsp3) is 0.294. The molecule has 1 N–H and O–H groups in total. The van der Waals surface area contributed by atoms with Crippen LogP contribution in [-0.2, 0) is 17.8 Å². The summed E-state index contributed by atoms with van der Waals surface area (Å²) in [4.78, 5) is 21.7. The first-order valence-electron chi connectivity index (χ1n) is 14.3. The molecule has 1 amide bonds. The number of likely N-dealkylation sites (tertiary alicyclic amines) is 1. The van der Waals surface area contributed by atoms with Crippen LogP contribution in [0.15, 0.2) is 83.7 Å². The van der Waals surface area contributed by atoms with Crippen LogP contribution in [0, 0.1) is 12.5 Å². The van der Waals surface area contributed by atoms with Gasteiger partial charge in [-0.25, -0.2) is 4.85 Å². The normalized spacial score (nSPS) is 17.9. The fourth-order valence-electron chi connectivity index (χ4n) is 6.45. The molecule has 0 aliphatic carbocycles. The maximum Gasteiger partial charge on any atom is 0.238 e. The first-order chi connectivity index (χ1) is 20.4. The van der Waals surface area contributed by atoms with Gasteiger partial charge in [0.1, 0.15) is 0 Å². The molecule has 2 aliphatic rings. The molecular formula is C34H32Cl2N4O2. The molecular weight excluding hydrogens is 567 g/mol. The monoisotopic (exact) mass is 598 g/mol. The highest BCUT2D eigenvalue weighted by Gasteiger charge is 2.36. The lowest BCUT2D eigenvalue weighted by Gasteiger charge is -2.44. The van der Waals surface area contributed by atoms with Gasteiger partial charge in [-0.15, -0.1) is 0 Å². The summed E-state index contributed by atoms with van der Waals surface area (Å²) in [5, 5.41) is 3.98. The number of fused-ring (bicyclic) bond motifs is 1. The van der Waals surface area contributed by atoms with Crippen molar-refractivity contribution < 1.29 is 9.21 Å². The lowest BCUT2D eigenvalue weighted by molar-refractivity contribution is -0.118. The predicted molar refractivity (Wildman–Crippen MR) is 168 cm³/mol. The number of amides is 1. The summed E-state index contributed by atoms with van der Waals surface area (Å²) >= 11 is 12.3. The predicted octanol–water partition coefficient (Wildman–Crippen LogP) is 8.25. The second kappa shape index (κ2) is 12.7. The molecule has 8 heteroatoms. The van der Waals surface area contributed by atoms with Crippen LogP contribution in [0.3, 0.4) is 0 Å². The summed E-state index contributed by atoms with van der Waals surface area (Å²) in [5.74, 6) is 0.348. The number of hydrogen-bond donors (Lipinski definition) is 1. The zero-order valence-electron chi connectivity index (χ0n) is 23.2. The standard InChI is InChI=1S/C34H32Cl2N4O2/c1-37-30-4-2-3-25(16-30)26-5-6-32-27(15-26)9-13-40(21-33(41)38-31-18-28(35)17-29(36)19-31)34(32)24-7-11-39(12-8-24)20-23-10-14-42-22-23/h2-6,10,14-19,22,24,34H,7-9,11-13,20-21H2,(H,38,41). The average Bonchev–Trinajstić information content (AvgIpc) is 3.50. The number of piperidine rings is 1. The second-order valence-corrected chi connectivity index (χ2v) is 12.1. The minimum Gasteiger partial charge on any atom is -0.472 e. The molecule has 0 spiro atoms. The van der Waals surface area contributed by atoms with Crippen LogP contribution in [0.2, 0.25) is 10.0 Å². The molecule has 6 rings (SSSR count). The molecule has 4 aromatic rings. The largest absolute Gasteiger partial charge is 0.472 e. The third-order valence-electron chi connectivity index (χ3n) is 8.39. The SMILES string of the molecule is [C-]#[N+]c1cccc(-c2ccc3c(c2)CCN(CC(=O)Nc2cc(Cl)cc(Cl)c2)C3C2CCN(Cc3ccoc3)CC2)c1. The number of carbonyl (C=O) groups is 1. The van der Waals surface area contributed by atoms with E-state index in [0.29, 0.717) is 27.3 Å². The van der Waals surface area contributed by atoms with E-state index in [1.54, 1.807) is 24.5 Å². The van der Waals surface area contributed by atoms with Crippen LogP contribution in [0.1, 0.15) is 35.6 Å². The molecule has 1 unspecified atom stereocenters. The lowest BCUT2D eigenvalue weighted by Crippen LogP contribution is -2.46. The third-order valence-corrected chi connectivity index (χ3v) is 8.83. The van der Waals surface area contributed by atoms with Gasteiger partial charge in [-0.2, -0.15) is 0 Å². The van der Waals surface area contributed by atoms with Crippen molar-refractivity contribution in [2.24, 2.45) is 5.92 Å². The molecule has 1 saturated heterocycles. The molecule has 214 valence electrons. The van der Waals surface area contributed by atoms with Gasteiger partial charge in [-0.1, -0.05) is 59.6 Å². The minimum atomic E-state index is -0.0771. The number of rotatable bonds is 7. The Morgan fingerprint density at radius 2 is 1.76 bits per heavy atom. The van der Waals surface area contributed by atoms with Crippen LogP contribution in [0.25, 0.3) is 16.0 Å². The van der Waals surface area contributed by atoms with Crippen LogP contribution in [-0.4, -0.2) is 41.9 Å². The van der Waals surface area contributed by atoms with Crippen LogP contribution in [0.5, 0.6) is 0 Å². The zero-order valence-corrected chi connectivity index (χ0v) is 24.7. The number of carbonyl (C=O) groups excluding carboxylic acids is 1. The van der Waals surface area contributed by atoms with Crippen molar-refractivity contribution >= 4 is 40.5 Å². The van der Waals surface area contributed by atoms with E-state index in [1.165, 1.54) is 16.7 Å². The smallest absolute Gasteiger partial charge is 0.238 e. The maximum atomic E-state index is 13.3. The third kappa shape index (κ3) is 6.56. The average molecular weight is 600 g/mol. The Balaban J connectivity index is 1.24. The molecule has 1 atom stereocenters. The Morgan fingerprint density at radius 1 is 0.976 bits per heavy atom. The Kier molecular flexibility index (Phi) is 8.64. The van der Waals surface area contributed by atoms with E-state index >= 15 is 0 Å². The van der Waals surface area contributed by atoms with E-state index in [-0.39, 0.29) is 18.5 Å². The molecule has 6 nitrogen and oxygen atoms in total. The zero-order chi connectivity index (χ0) is 29.1. The van der Waals surface area contributed by atoms with Crippen molar-refractivity contribution in [1.29, 1.82) is 0 Å². The van der Waals surface area contributed by atoms with Crippen LogP contribution >= 0.6 is 23.2 Å². The summed E-state index contributed by atoms with van der Waals surface area (Å²) in [6.45, 7) is 11.4. The van der Waals surface area contributed by atoms with Gasteiger partial charge in [0.25, 0.3) is 0 Å². The maximum absolute atomic E-state index is 13.3. The van der Waals surface area contributed by atoms with Gasteiger partial charge in [0.2, 0.25) is 5.91 Å². The summed E-state index contributed by atoms with van der Waals surface area (Å²) < 4.78 is 5.27. The van der Waals surface area contributed by atoms with E-state index in [9.17, 15) is 4.79 Å². The Bertz CT molecular complexity index is 1590. The number of nitrogens with zero attached hydrogens (tertiary/aromatic N) is 3. The number of anilines is 1. The molecule has 3 aromatic carbocycles. The van der Waals surface area contributed by atoms with Crippen molar-refractivity contribution in [2.45, 2.75) is 31.8 Å². The number of nitrogens with one attached hydrogen (secondary N) is 1. The number of halogens is 2. The topological polar surface area (TPSA) is 53.1 Å². The Labute approximate surface area is 256 Å². The van der Waals surface area contributed by atoms with Crippen molar-refractivity contribution in [3.05, 3.63) is 117 Å².